The molecule has 1 saturated heterocycles. The number of carboxylic acids is 1. The van der Waals surface area contributed by atoms with Gasteiger partial charge in [-0.15, -0.1) is 0 Å². The third-order valence-corrected chi connectivity index (χ3v) is 2.49. The van der Waals surface area contributed by atoms with Gasteiger partial charge in [0.15, 0.2) is 0 Å². The van der Waals surface area contributed by atoms with Gasteiger partial charge in [-0.25, -0.2) is 0 Å². The highest BCUT2D eigenvalue weighted by Gasteiger charge is 2.16. The van der Waals surface area contributed by atoms with Crippen molar-refractivity contribution in [1.82, 2.24) is 4.90 Å². The maximum atomic E-state index is 11.5. The van der Waals surface area contributed by atoms with Crippen molar-refractivity contribution in [3.05, 3.63) is 0 Å². The van der Waals surface area contributed by atoms with Crippen LogP contribution in [0, 0.1) is 0 Å². The van der Waals surface area contributed by atoms with Crippen molar-refractivity contribution in [2.75, 3.05) is 13.1 Å². The average Bonchev–Trinajstić information content (AvgIpc) is 2.64. The van der Waals surface area contributed by atoms with E-state index in [0.29, 0.717) is 19.3 Å². The van der Waals surface area contributed by atoms with Crippen LogP contribution in [0.3, 0.4) is 0 Å². The van der Waals surface area contributed by atoms with E-state index in [2.05, 4.69) is 0 Å². The molecule has 0 bridgehead atoms. The molecule has 0 unspecified atom stereocenters. The Morgan fingerprint density at radius 2 is 1.64 bits per heavy atom. The number of rotatable bonds is 5. The molecule has 0 atom stereocenters. The largest absolute Gasteiger partial charge is 0.481 e. The average molecular weight is 199 g/mol. The first-order valence-corrected chi connectivity index (χ1v) is 5.20. The van der Waals surface area contributed by atoms with Crippen molar-refractivity contribution in [1.29, 1.82) is 0 Å². The molecule has 1 N–H and O–H groups in total. The predicted octanol–water partition coefficient (Wildman–Crippen LogP) is 1.25. The standard InChI is InChI=1S/C10H17NO3/c12-9(11-7-3-4-8-11)5-1-2-6-10(13)14/h1-8H2,(H,13,14). The summed E-state index contributed by atoms with van der Waals surface area (Å²) in [5.41, 5.74) is 0. The van der Waals surface area contributed by atoms with Gasteiger partial charge < -0.3 is 10.0 Å². The second-order valence-electron chi connectivity index (χ2n) is 3.69. The lowest BCUT2D eigenvalue weighted by Gasteiger charge is -2.14. The van der Waals surface area contributed by atoms with Crippen LogP contribution in [0.15, 0.2) is 0 Å². The fourth-order valence-electron chi connectivity index (χ4n) is 1.68. The number of amides is 1. The number of likely N-dealkylation sites (tertiary alicyclic amines) is 1. The van der Waals surface area contributed by atoms with Gasteiger partial charge in [0, 0.05) is 25.9 Å². The van der Waals surface area contributed by atoms with Crippen LogP contribution < -0.4 is 0 Å². The Morgan fingerprint density at radius 3 is 2.21 bits per heavy atom. The second kappa shape index (κ2) is 5.62. The van der Waals surface area contributed by atoms with Crippen LogP contribution in [0.4, 0.5) is 0 Å². The van der Waals surface area contributed by atoms with E-state index in [1.54, 1.807) is 0 Å². The lowest BCUT2D eigenvalue weighted by molar-refractivity contribution is -0.137. The Hall–Kier alpha value is -1.06. The SMILES string of the molecule is O=C(O)CCCCC(=O)N1CCCC1. The molecule has 1 aliphatic heterocycles. The Bertz CT molecular complexity index is 209. The zero-order valence-corrected chi connectivity index (χ0v) is 8.37. The molecule has 14 heavy (non-hydrogen) atoms. The number of carbonyl (C=O) groups is 2. The van der Waals surface area contributed by atoms with E-state index in [9.17, 15) is 9.59 Å². The summed E-state index contributed by atoms with van der Waals surface area (Å²) >= 11 is 0. The highest BCUT2D eigenvalue weighted by atomic mass is 16.4. The highest BCUT2D eigenvalue weighted by molar-refractivity contribution is 5.76. The van der Waals surface area contributed by atoms with Crippen LogP contribution in [0.5, 0.6) is 0 Å². The molecule has 1 amide bonds. The molecular formula is C10H17NO3. The molecule has 0 aromatic heterocycles. The molecular weight excluding hydrogens is 182 g/mol. The minimum atomic E-state index is -0.779. The number of hydrogen-bond acceptors (Lipinski definition) is 2. The van der Waals surface area contributed by atoms with Crippen molar-refractivity contribution in [3.63, 3.8) is 0 Å². The maximum Gasteiger partial charge on any atom is 0.303 e. The number of hydrogen-bond donors (Lipinski definition) is 1. The van der Waals surface area contributed by atoms with Crippen molar-refractivity contribution < 1.29 is 14.7 Å². The van der Waals surface area contributed by atoms with Crippen molar-refractivity contribution in [2.45, 2.75) is 38.5 Å². The van der Waals surface area contributed by atoms with E-state index < -0.39 is 5.97 Å². The minimum Gasteiger partial charge on any atom is -0.481 e. The minimum absolute atomic E-state index is 0.174. The molecule has 80 valence electrons. The quantitative estimate of drug-likeness (QED) is 0.678. The van der Waals surface area contributed by atoms with Gasteiger partial charge in [0.05, 0.1) is 0 Å². The van der Waals surface area contributed by atoms with E-state index in [0.717, 1.165) is 25.9 Å². The van der Waals surface area contributed by atoms with Crippen molar-refractivity contribution in [2.24, 2.45) is 0 Å². The van der Waals surface area contributed by atoms with Gasteiger partial charge in [0.1, 0.15) is 0 Å². The molecule has 1 aliphatic rings. The highest BCUT2D eigenvalue weighted by Crippen LogP contribution is 2.11. The summed E-state index contributed by atoms with van der Waals surface area (Å²) < 4.78 is 0. The normalized spacial score (nSPS) is 15.9. The topological polar surface area (TPSA) is 57.6 Å². The van der Waals surface area contributed by atoms with Gasteiger partial charge in [-0.05, 0) is 25.7 Å². The Morgan fingerprint density at radius 1 is 1.07 bits per heavy atom. The third-order valence-electron chi connectivity index (χ3n) is 2.49. The molecule has 0 spiro atoms. The lowest BCUT2D eigenvalue weighted by Crippen LogP contribution is -2.27. The van der Waals surface area contributed by atoms with Crippen molar-refractivity contribution >= 4 is 11.9 Å². The smallest absolute Gasteiger partial charge is 0.303 e. The first-order chi connectivity index (χ1) is 6.70. The molecule has 0 aliphatic carbocycles. The van der Waals surface area contributed by atoms with E-state index in [1.165, 1.54) is 0 Å². The van der Waals surface area contributed by atoms with Crippen LogP contribution in [-0.4, -0.2) is 35.0 Å². The van der Waals surface area contributed by atoms with E-state index in [1.807, 2.05) is 4.90 Å². The predicted molar refractivity (Wildman–Crippen MR) is 51.9 cm³/mol. The molecule has 0 aromatic carbocycles. The summed E-state index contributed by atoms with van der Waals surface area (Å²) in [5, 5.41) is 8.39. The fourth-order valence-corrected chi connectivity index (χ4v) is 1.68. The van der Waals surface area contributed by atoms with Gasteiger partial charge in [-0.3, -0.25) is 9.59 Å². The molecule has 4 nitrogen and oxygen atoms in total. The number of aliphatic carboxylic acids is 1. The second-order valence-corrected chi connectivity index (χ2v) is 3.69. The van der Waals surface area contributed by atoms with Gasteiger partial charge in [-0.2, -0.15) is 0 Å². The first kappa shape index (κ1) is 11.0. The Balaban J connectivity index is 2.05. The molecule has 0 radical (unpaired) electrons. The number of carboxylic acid groups (broad SMARTS) is 1. The summed E-state index contributed by atoms with van der Waals surface area (Å²) in [6.45, 7) is 1.77. The van der Waals surface area contributed by atoms with E-state index in [-0.39, 0.29) is 12.3 Å². The van der Waals surface area contributed by atoms with Crippen molar-refractivity contribution in [3.8, 4) is 0 Å². The monoisotopic (exact) mass is 199 g/mol. The molecule has 4 heteroatoms. The first-order valence-electron chi connectivity index (χ1n) is 5.20. The zero-order valence-electron chi connectivity index (χ0n) is 8.37. The van der Waals surface area contributed by atoms with E-state index >= 15 is 0 Å². The van der Waals surface area contributed by atoms with Gasteiger partial charge in [-0.1, -0.05) is 0 Å². The third kappa shape index (κ3) is 3.77. The van der Waals surface area contributed by atoms with Gasteiger partial charge >= 0.3 is 5.97 Å². The molecule has 0 saturated carbocycles. The van der Waals surface area contributed by atoms with Gasteiger partial charge in [0.25, 0.3) is 0 Å². The summed E-state index contributed by atoms with van der Waals surface area (Å²) in [4.78, 5) is 23.5. The summed E-state index contributed by atoms with van der Waals surface area (Å²) in [6, 6.07) is 0. The summed E-state index contributed by atoms with van der Waals surface area (Å²) in [5.74, 6) is -0.591. The summed E-state index contributed by atoms with van der Waals surface area (Å²) in [7, 11) is 0. The number of nitrogens with zero attached hydrogens (tertiary/aromatic N) is 1. The van der Waals surface area contributed by atoms with Crippen LogP contribution >= 0.6 is 0 Å². The number of unbranched alkanes of at least 4 members (excludes halogenated alkanes) is 1. The molecule has 1 heterocycles. The zero-order chi connectivity index (χ0) is 10.4. The maximum absolute atomic E-state index is 11.5. The molecule has 1 fully saturated rings. The summed E-state index contributed by atoms with van der Waals surface area (Å²) in [6.07, 6.45) is 4.21. The van der Waals surface area contributed by atoms with Crippen LogP contribution in [0.2, 0.25) is 0 Å². The van der Waals surface area contributed by atoms with Crippen LogP contribution in [-0.2, 0) is 9.59 Å². The van der Waals surface area contributed by atoms with Crippen LogP contribution in [0.1, 0.15) is 38.5 Å². The molecule has 0 aromatic rings. The lowest BCUT2D eigenvalue weighted by atomic mass is 10.2. The number of carbonyl (C=O) groups excluding carboxylic acids is 1. The van der Waals surface area contributed by atoms with Crippen LogP contribution in [0.25, 0.3) is 0 Å². The fraction of sp³-hybridized carbons (Fsp3) is 0.800. The van der Waals surface area contributed by atoms with Gasteiger partial charge in [0.2, 0.25) is 5.91 Å². The molecule has 1 rings (SSSR count). The van der Waals surface area contributed by atoms with E-state index in [4.69, 9.17) is 5.11 Å². The Kier molecular flexibility index (Phi) is 4.43. The Labute approximate surface area is 83.9 Å².